The molecule has 0 saturated carbocycles. The zero-order valence-electron chi connectivity index (χ0n) is 10.1. The summed E-state index contributed by atoms with van der Waals surface area (Å²) in [6.45, 7) is 4.81. The van der Waals surface area contributed by atoms with Crippen LogP contribution in [0.5, 0.6) is 0 Å². The van der Waals surface area contributed by atoms with E-state index in [2.05, 4.69) is 5.32 Å². The zero-order valence-corrected chi connectivity index (χ0v) is 10.1. The summed E-state index contributed by atoms with van der Waals surface area (Å²) in [5.74, 6) is -1.60. The number of nitrogens with two attached hydrogens (primary N) is 1. The highest BCUT2D eigenvalue weighted by Gasteiger charge is 2.27. The van der Waals surface area contributed by atoms with Crippen molar-refractivity contribution >= 4 is 5.91 Å². The van der Waals surface area contributed by atoms with Gasteiger partial charge in [0.1, 0.15) is 11.6 Å². The summed E-state index contributed by atoms with van der Waals surface area (Å²) >= 11 is 0. The van der Waals surface area contributed by atoms with Crippen molar-refractivity contribution in [1.29, 1.82) is 0 Å². The topological polar surface area (TPSA) is 55.1 Å². The molecule has 0 heterocycles. The van der Waals surface area contributed by atoms with Crippen molar-refractivity contribution < 1.29 is 13.6 Å². The van der Waals surface area contributed by atoms with Gasteiger partial charge in [-0.2, -0.15) is 0 Å². The summed E-state index contributed by atoms with van der Waals surface area (Å²) in [5, 5.41) is 2.86. The number of carbonyl (C=O) groups excluding carboxylic acids is 1. The maximum Gasteiger partial charge on any atom is 0.237 e. The predicted molar refractivity (Wildman–Crippen MR) is 61.2 cm³/mol. The fourth-order valence-corrected chi connectivity index (χ4v) is 1.54. The van der Waals surface area contributed by atoms with Crippen molar-refractivity contribution in [1.82, 2.24) is 5.32 Å². The molecule has 1 atom stereocenters. The smallest absolute Gasteiger partial charge is 0.237 e. The molecule has 3 N–H and O–H groups in total. The van der Waals surface area contributed by atoms with E-state index in [1.54, 1.807) is 20.8 Å². The third-order valence-corrected chi connectivity index (χ3v) is 2.62. The van der Waals surface area contributed by atoms with Gasteiger partial charge in [-0.05, 0) is 39.0 Å². The Hall–Kier alpha value is -1.49. The normalized spacial score (nSPS) is 13.5. The van der Waals surface area contributed by atoms with E-state index in [0.29, 0.717) is 0 Å². The minimum Gasteiger partial charge on any atom is -0.368 e. The van der Waals surface area contributed by atoms with Crippen LogP contribution in [0.4, 0.5) is 8.78 Å². The first-order chi connectivity index (χ1) is 7.74. The van der Waals surface area contributed by atoms with Gasteiger partial charge in [-0.25, -0.2) is 8.78 Å². The Labute approximate surface area is 99.0 Å². The van der Waals surface area contributed by atoms with E-state index in [1.165, 1.54) is 0 Å². The summed E-state index contributed by atoms with van der Waals surface area (Å²) in [5.41, 5.74) is 4.37. The van der Waals surface area contributed by atoms with Gasteiger partial charge >= 0.3 is 0 Å². The van der Waals surface area contributed by atoms with Gasteiger partial charge in [-0.1, -0.05) is 0 Å². The number of carbonyl (C=O) groups is 1. The van der Waals surface area contributed by atoms with Crippen LogP contribution in [0.1, 0.15) is 32.4 Å². The summed E-state index contributed by atoms with van der Waals surface area (Å²) < 4.78 is 26.5. The summed E-state index contributed by atoms with van der Waals surface area (Å²) in [6, 6.07) is 2.68. The first kappa shape index (κ1) is 13.6. The molecule has 0 aliphatic heterocycles. The van der Waals surface area contributed by atoms with Crippen molar-refractivity contribution in [3.8, 4) is 0 Å². The number of primary amides is 1. The van der Waals surface area contributed by atoms with E-state index >= 15 is 0 Å². The average molecular weight is 242 g/mol. The second-order valence-corrected chi connectivity index (χ2v) is 4.52. The molecule has 94 valence electrons. The van der Waals surface area contributed by atoms with Gasteiger partial charge in [0.05, 0.1) is 5.54 Å². The molecule has 0 saturated heterocycles. The number of halogens is 2. The van der Waals surface area contributed by atoms with Crippen LogP contribution in [0.3, 0.4) is 0 Å². The van der Waals surface area contributed by atoms with Gasteiger partial charge in [0, 0.05) is 11.6 Å². The molecule has 1 amide bonds. The van der Waals surface area contributed by atoms with Crippen molar-refractivity contribution in [2.24, 2.45) is 5.73 Å². The summed E-state index contributed by atoms with van der Waals surface area (Å²) in [4.78, 5) is 11.1. The van der Waals surface area contributed by atoms with Crippen LogP contribution >= 0.6 is 0 Å². The monoisotopic (exact) mass is 242 g/mol. The molecule has 0 aliphatic rings. The second kappa shape index (κ2) is 4.79. The van der Waals surface area contributed by atoms with Crippen molar-refractivity contribution in [2.45, 2.75) is 32.4 Å². The summed E-state index contributed by atoms with van der Waals surface area (Å²) in [7, 11) is 0. The molecular weight excluding hydrogens is 226 g/mol. The van der Waals surface area contributed by atoms with E-state index in [-0.39, 0.29) is 5.56 Å². The molecule has 0 fully saturated rings. The fraction of sp³-hybridized carbons (Fsp3) is 0.417. The molecule has 5 heteroatoms. The minimum absolute atomic E-state index is 0.166. The number of amides is 1. The van der Waals surface area contributed by atoms with E-state index in [0.717, 1.165) is 18.2 Å². The molecular formula is C12H16F2N2O. The number of nitrogens with one attached hydrogen (secondary N) is 1. The third kappa shape index (κ3) is 3.23. The molecule has 0 radical (unpaired) electrons. The van der Waals surface area contributed by atoms with E-state index in [1.807, 2.05) is 0 Å². The molecule has 1 unspecified atom stereocenters. The Bertz CT molecular complexity index is 433. The average Bonchev–Trinajstić information content (AvgIpc) is 2.20. The minimum atomic E-state index is -0.988. The zero-order chi connectivity index (χ0) is 13.2. The van der Waals surface area contributed by atoms with Crippen molar-refractivity contribution in [3.05, 3.63) is 35.4 Å². The fourth-order valence-electron chi connectivity index (χ4n) is 1.54. The lowest BCUT2D eigenvalue weighted by atomic mass is 10.00. The molecule has 0 spiro atoms. The molecule has 1 aromatic rings. The van der Waals surface area contributed by atoms with Gasteiger partial charge in [0.25, 0.3) is 0 Å². The third-order valence-electron chi connectivity index (χ3n) is 2.62. The lowest BCUT2D eigenvalue weighted by Gasteiger charge is -2.27. The van der Waals surface area contributed by atoms with Gasteiger partial charge in [-0.15, -0.1) is 0 Å². The number of benzene rings is 1. The predicted octanol–water partition coefficient (Wildman–Crippen LogP) is 1.88. The highest BCUT2D eigenvalue weighted by Crippen LogP contribution is 2.20. The van der Waals surface area contributed by atoms with E-state index in [4.69, 9.17) is 5.73 Å². The van der Waals surface area contributed by atoms with Crippen LogP contribution in [0.15, 0.2) is 18.2 Å². The molecule has 0 aliphatic carbocycles. The highest BCUT2D eigenvalue weighted by molar-refractivity contribution is 5.83. The van der Waals surface area contributed by atoms with Gasteiger partial charge in [0.2, 0.25) is 5.91 Å². The van der Waals surface area contributed by atoms with Gasteiger partial charge < -0.3 is 5.73 Å². The van der Waals surface area contributed by atoms with Gasteiger partial charge in [-0.3, -0.25) is 10.1 Å². The maximum atomic E-state index is 13.5. The first-order valence-corrected chi connectivity index (χ1v) is 5.26. The van der Waals surface area contributed by atoms with Crippen LogP contribution in [0.2, 0.25) is 0 Å². The van der Waals surface area contributed by atoms with Crippen molar-refractivity contribution in [3.63, 3.8) is 0 Å². The number of hydrogen-bond donors (Lipinski definition) is 2. The Morgan fingerprint density at radius 3 is 2.53 bits per heavy atom. The highest BCUT2D eigenvalue weighted by atomic mass is 19.1. The number of rotatable bonds is 4. The van der Waals surface area contributed by atoms with Crippen LogP contribution in [-0.2, 0) is 4.79 Å². The van der Waals surface area contributed by atoms with Crippen LogP contribution in [0, 0.1) is 11.6 Å². The molecule has 1 rings (SSSR count). The van der Waals surface area contributed by atoms with Crippen LogP contribution < -0.4 is 11.1 Å². The molecule has 0 bridgehead atoms. The Kier molecular flexibility index (Phi) is 3.83. The summed E-state index contributed by atoms with van der Waals surface area (Å²) in [6.07, 6.45) is 0. The standard InChI is InChI=1S/C12H16F2N2O/c1-7(16-12(2,3)11(15)17)9-6-8(13)4-5-10(9)14/h4-7,16H,1-3H3,(H2,15,17). The molecule has 1 aromatic carbocycles. The van der Waals surface area contributed by atoms with E-state index < -0.39 is 29.1 Å². The molecule has 17 heavy (non-hydrogen) atoms. The second-order valence-electron chi connectivity index (χ2n) is 4.52. The van der Waals surface area contributed by atoms with E-state index in [9.17, 15) is 13.6 Å². The molecule has 0 aromatic heterocycles. The van der Waals surface area contributed by atoms with Crippen molar-refractivity contribution in [2.75, 3.05) is 0 Å². The lowest BCUT2D eigenvalue weighted by molar-refractivity contribution is -0.123. The Balaban J connectivity index is 2.94. The quantitative estimate of drug-likeness (QED) is 0.847. The van der Waals surface area contributed by atoms with Gasteiger partial charge in [0.15, 0.2) is 0 Å². The lowest BCUT2D eigenvalue weighted by Crippen LogP contribution is -2.51. The van der Waals surface area contributed by atoms with Crippen LogP contribution in [0.25, 0.3) is 0 Å². The van der Waals surface area contributed by atoms with Crippen LogP contribution in [-0.4, -0.2) is 11.4 Å². The Morgan fingerprint density at radius 1 is 1.41 bits per heavy atom. The maximum absolute atomic E-state index is 13.5. The number of hydrogen-bond acceptors (Lipinski definition) is 2. The molecule has 3 nitrogen and oxygen atoms in total. The Morgan fingerprint density at radius 2 is 2.00 bits per heavy atom. The first-order valence-electron chi connectivity index (χ1n) is 5.26. The SMILES string of the molecule is CC(NC(C)(C)C(N)=O)c1cc(F)ccc1F. The largest absolute Gasteiger partial charge is 0.368 e.